The van der Waals surface area contributed by atoms with Crippen molar-refractivity contribution in [2.45, 2.75) is 30.9 Å². The Hall–Kier alpha value is -1.16. The minimum absolute atomic E-state index is 0.0506. The van der Waals surface area contributed by atoms with Crippen molar-refractivity contribution in [1.82, 2.24) is 0 Å². The fourth-order valence-electron chi connectivity index (χ4n) is 3.26. The molecule has 3 nitrogen and oxygen atoms in total. The summed E-state index contributed by atoms with van der Waals surface area (Å²) in [6.07, 6.45) is 0.142. The summed E-state index contributed by atoms with van der Waals surface area (Å²) in [6.45, 7) is 5.45. The normalized spacial score (nSPS) is 25.6. The molecular formula is C21H26O3Se. The molecule has 0 unspecified atom stereocenters. The summed E-state index contributed by atoms with van der Waals surface area (Å²) in [4.78, 5) is 0.288. The van der Waals surface area contributed by atoms with Gasteiger partial charge in [0.05, 0.1) is 0 Å². The van der Waals surface area contributed by atoms with Gasteiger partial charge >= 0.3 is 157 Å². The number of methoxy groups -OCH3 is 1. The van der Waals surface area contributed by atoms with Crippen LogP contribution in [-0.2, 0) is 14.2 Å². The van der Waals surface area contributed by atoms with Gasteiger partial charge in [-0.05, 0) is 0 Å². The van der Waals surface area contributed by atoms with E-state index in [1.807, 2.05) is 6.07 Å². The first-order valence-corrected chi connectivity index (χ1v) is 10.5. The first-order chi connectivity index (χ1) is 12.1. The van der Waals surface area contributed by atoms with E-state index in [4.69, 9.17) is 14.2 Å². The Bertz CT molecular complexity index is 645. The van der Waals surface area contributed by atoms with Gasteiger partial charge in [0.1, 0.15) is 0 Å². The van der Waals surface area contributed by atoms with Crippen LogP contribution in [0.4, 0.5) is 0 Å². The molecule has 1 aliphatic heterocycles. The van der Waals surface area contributed by atoms with Gasteiger partial charge in [0, 0.05) is 0 Å². The summed E-state index contributed by atoms with van der Waals surface area (Å²) >= 11 is 0.234. The molecule has 0 spiro atoms. The van der Waals surface area contributed by atoms with E-state index in [0.717, 1.165) is 0 Å². The Morgan fingerprint density at radius 1 is 1.04 bits per heavy atom. The van der Waals surface area contributed by atoms with Crippen molar-refractivity contribution in [3.05, 3.63) is 66.2 Å². The molecule has 0 bridgehead atoms. The van der Waals surface area contributed by atoms with Crippen LogP contribution >= 0.6 is 0 Å². The Balaban J connectivity index is 1.93. The van der Waals surface area contributed by atoms with Crippen molar-refractivity contribution in [3.63, 3.8) is 0 Å². The molecule has 4 heteroatoms. The molecule has 0 radical (unpaired) electrons. The first-order valence-electron chi connectivity index (χ1n) is 8.60. The molecule has 0 aromatic heterocycles. The summed E-state index contributed by atoms with van der Waals surface area (Å²) in [6, 6.07) is 21.2. The van der Waals surface area contributed by atoms with Gasteiger partial charge in [-0.1, -0.05) is 0 Å². The third-order valence-corrected chi connectivity index (χ3v) is 7.26. The summed E-state index contributed by atoms with van der Waals surface area (Å²) in [7, 11) is 1.68. The molecule has 134 valence electrons. The van der Waals surface area contributed by atoms with E-state index < -0.39 is 0 Å². The van der Waals surface area contributed by atoms with Crippen molar-refractivity contribution in [3.8, 4) is 0 Å². The van der Waals surface area contributed by atoms with Gasteiger partial charge in [0.25, 0.3) is 0 Å². The minimum atomic E-state index is -0.0506. The Morgan fingerprint density at radius 3 is 2.32 bits per heavy atom. The molecule has 0 N–H and O–H groups in total. The van der Waals surface area contributed by atoms with E-state index >= 15 is 0 Å². The topological polar surface area (TPSA) is 27.7 Å². The molecule has 0 saturated carbocycles. The van der Waals surface area contributed by atoms with Crippen LogP contribution in [0, 0.1) is 5.41 Å². The fraction of sp³-hybridized carbons (Fsp3) is 0.429. The Labute approximate surface area is 156 Å². The maximum atomic E-state index is 6.37. The predicted molar refractivity (Wildman–Crippen MR) is 101 cm³/mol. The van der Waals surface area contributed by atoms with Gasteiger partial charge in [0.2, 0.25) is 0 Å². The van der Waals surface area contributed by atoms with Crippen molar-refractivity contribution in [1.29, 1.82) is 0 Å². The van der Waals surface area contributed by atoms with Crippen molar-refractivity contribution in [2.75, 3.05) is 20.5 Å². The average Bonchev–Trinajstić information content (AvgIpc) is 2.63. The Kier molecular flexibility index (Phi) is 6.32. The van der Waals surface area contributed by atoms with E-state index in [0.29, 0.717) is 13.4 Å². The molecule has 1 fully saturated rings. The van der Waals surface area contributed by atoms with Gasteiger partial charge in [0.15, 0.2) is 0 Å². The van der Waals surface area contributed by atoms with Gasteiger partial charge in [-0.3, -0.25) is 0 Å². The standard InChI is InChI=1S/C21H26O3Se/c1-21(2)14-23-18(16-10-6-4-7-11-16)19(20(21)24-15-22-3)25-17-12-8-5-9-13-17/h4-13,18-20H,14-15H2,1-3H3/t18-,19-,20+/m0/s1. The van der Waals surface area contributed by atoms with E-state index in [9.17, 15) is 0 Å². The van der Waals surface area contributed by atoms with Crippen LogP contribution in [0.25, 0.3) is 0 Å². The maximum absolute atomic E-state index is 6.37. The van der Waals surface area contributed by atoms with E-state index in [1.54, 1.807) is 7.11 Å². The summed E-state index contributed by atoms with van der Waals surface area (Å²) < 4.78 is 19.2. The molecule has 2 aromatic rings. The number of ether oxygens (including phenoxy) is 3. The van der Waals surface area contributed by atoms with Crippen LogP contribution in [0.15, 0.2) is 60.7 Å². The molecular weight excluding hydrogens is 379 g/mol. The molecule has 0 aliphatic carbocycles. The number of hydrogen-bond donors (Lipinski definition) is 0. The monoisotopic (exact) mass is 406 g/mol. The van der Waals surface area contributed by atoms with Crippen LogP contribution in [0.5, 0.6) is 0 Å². The molecule has 1 saturated heterocycles. The van der Waals surface area contributed by atoms with Crippen LogP contribution in [0.2, 0.25) is 4.82 Å². The Morgan fingerprint density at radius 2 is 1.68 bits per heavy atom. The van der Waals surface area contributed by atoms with Crippen LogP contribution in [-0.4, -0.2) is 41.6 Å². The van der Waals surface area contributed by atoms with Gasteiger partial charge in [-0.15, -0.1) is 0 Å². The molecule has 0 amide bonds. The van der Waals surface area contributed by atoms with E-state index in [2.05, 4.69) is 68.4 Å². The summed E-state index contributed by atoms with van der Waals surface area (Å²) in [5, 5.41) is 0. The summed E-state index contributed by atoms with van der Waals surface area (Å²) in [5.74, 6) is 0. The molecule has 1 heterocycles. The molecule has 3 rings (SSSR count). The number of rotatable bonds is 6. The second-order valence-corrected chi connectivity index (χ2v) is 9.65. The molecule has 1 aliphatic rings. The van der Waals surface area contributed by atoms with Crippen LogP contribution < -0.4 is 4.46 Å². The quantitative estimate of drug-likeness (QED) is 0.543. The summed E-state index contributed by atoms with van der Waals surface area (Å²) in [5.41, 5.74) is 1.18. The van der Waals surface area contributed by atoms with Gasteiger partial charge in [-0.25, -0.2) is 0 Å². The zero-order chi connectivity index (χ0) is 17.7. The molecule has 25 heavy (non-hydrogen) atoms. The SMILES string of the molecule is COCO[C@@H]1[C@@H]([Se]c2ccccc2)[C@H](c2ccccc2)OCC1(C)C. The average molecular weight is 405 g/mol. The third-order valence-electron chi connectivity index (χ3n) is 4.51. The van der Waals surface area contributed by atoms with Gasteiger partial charge < -0.3 is 0 Å². The first kappa shape index (κ1) is 18.6. The van der Waals surface area contributed by atoms with Crippen molar-refractivity contribution >= 4 is 19.4 Å². The van der Waals surface area contributed by atoms with Crippen molar-refractivity contribution < 1.29 is 14.2 Å². The molecule has 2 aromatic carbocycles. The second-order valence-electron chi connectivity index (χ2n) is 7.02. The van der Waals surface area contributed by atoms with Crippen molar-refractivity contribution in [2.24, 2.45) is 5.41 Å². The molecule has 3 atom stereocenters. The fourth-order valence-corrected chi connectivity index (χ4v) is 6.52. The van der Waals surface area contributed by atoms with Crippen LogP contribution in [0.1, 0.15) is 25.5 Å². The van der Waals surface area contributed by atoms with Crippen LogP contribution in [0.3, 0.4) is 0 Å². The van der Waals surface area contributed by atoms with E-state index in [1.165, 1.54) is 10.0 Å². The third kappa shape index (κ3) is 4.52. The zero-order valence-electron chi connectivity index (χ0n) is 15.1. The van der Waals surface area contributed by atoms with Gasteiger partial charge in [-0.2, -0.15) is 0 Å². The van der Waals surface area contributed by atoms with E-state index in [-0.39, 0.29) is 37.4 Å². The number of benzene rings is 2. The zero-order valence-corrected chi connectivity index (χ0v) is 16.8. The number of hydrogen-bond acceptors (Lipinski definition) is 3. The predicted octanol–water partition coefficient (Wildman–Crippen LogP) is 3.59. The second kappa shape index (κ2) is 8.48.